The zero-order valence-corrected chi connectivity index (χ0v) is 28.3. The van der Waals surface area contributed by atoms with Gasteiger partial charge in [-0.15, -0.1) is 0 Å². The Kier molecular flexibility index (Phi) is 9.49. The fourth-order valence-corrected chi connectivity index (χ4v) is 9.01. The summed E-state index contributed by atoms with van der Waals surface area (Å²) in [5.74, 6) is -0.390. The molecule has 2 aliphatic carbocycles. The fraction of sp³-hybridized carbons (Fsp3) is 0.486. The number of aromatic carboxylic acids is 1. The molecular formula is C35H41ClN4O6S. The van der Waals surface area contributed by atoms with Crippen molar-refractivity contribution in [2.45, 2.75) is 68.2 Å². The Morgan fingerprint density at radius 1 is 1.13 bits per heavy atom. The number of rotatable bonds is 10. The van der Waals surface area contributed by atoms with Crippen LogP contribution in [0.1, 0.15) is 67.4 Å². The second-order valence-corrected chi connectivity index (χ2v) is 16.1. The van der Waals surface area contributed by atoms with Crippen LogP contribution in [0.3, 0.4) is 0 Å². The highest BCUT2D eigenvalue weighted by Crippen LogP contribution is 2.46. The van der Waals surface area contributed by atoms with E-state index >= 15 is 0 Å². The van der Waals surface area contributed by atoms with Crippen molar-refractivity contribution in [2.75, 3.05) is 31.1 Å². The first-order valence-electron chi connectivity index (χ1n) is 16.3. The summed E-state index contributed by atoms with van der Waals surface area (Å²) in [5, 5.41) is 12.5. The van der Waals surface area contributed by atoms with E-state index in [1.807, 2.05) is 6.07 Å². The van der Waals surface area contributed by atoms with Gasteiger partial charge >= 0.3 is 5.97 Å². The summed E-state index contributed by atoms with van der Waals surface area (Å²) in [4.78, 5) is 35.0. The number of amides is 1. The number of halogens is 1. The number of carboxylic acids is 1. The van der Waals surface area contributed by atoms with E-state index < -0.39 is 27.0 Å². The number of aryl methyl sites for hydroxylation is 1. The molecule has 1 aliphatic heterocycles. The predicted molar refractivity (Wildman–Crippen MR) is 179 cm³/mol. The third-order valence-electron chi connectivity index (χ3n) is 10.5. The largest absolute Gasteiger partial charge is 0.490 e. The molecule has 2 N–H and O–H groups in total. The maximum atomic E-state index is 13.0. The lowest BCUT2D eigenvalue weighted by Crippen LogP contribution is -2.49. The van der Waals surface area contributed by atoms with Crippen LogP contribution in [0.4, 0.5) is 5.69 Å². The van der Waals surface area contributed by atoms with Gasteiger partial charge in [-0.1, -0.05) is 24.6 Å². The summed E-state index contributed by atoms with van der Waals surface area (Å²) in [6, 6.07) is 12.8. The van der Waals surface area contributed by atoms with Crippen LogP contribution in [0.25, 0.3) is 0 Å². The Balaban J connectivity index is 1.15. The number of carboxylic acid groups (broad SMARTS) is 1. The quantitative estimate of drug-likeness (QED) is 0.272. The predicted octanol–water partition coefficient (Wildman–Crippen LogP) is 5.33. The van der Waals surface area contributed by atoms with Gasteiger partial charge in [0.2, 0.25) is 20.9 Å². The molecule has 0 unspecified atom stereocenters. The summed E-state index contributed by atoms with van der Waals surface area (Å²) in [6.45, 7) is 5.72. The average Bonchev–Trinajstić information content (AvgIpc) is 3.19. The molecule has 0 saturated heterocycles. The van der Waals surface area contributed by atoms with Crippen molar-refractivity contribution in [1.29, 1.82) is 0 Å². The number of sulfone groups is 1. The first kappa shape index (κ1) is 33.2. The molecule has 0 radical (unpaired) electrons. The summed E-state index contributed by atoms with van der Waals surface area (Å²) >= 11 is 6.38. The molecule has 12 heteroatoms. The van der Waals surface area contributed by atoms with Gasteiger partial charge in [0, 0.05) is 48.9 Å². The first-order valence-corrected chi connectivity index (χ1v) is 18.2. The van der Waals surface area contributed by atoms with Crippen LogP contribution in [0.5, 0.6) is 5.75 Å². The van der Waals surface area contributed by atoms with Gasteiger partial charge in [-0.3, -0.25) is 4.79 Å². The number of nitrogens with one attached hydrogen (secondary N) is 1. The third kappa shape index (κ3) is 6.83. The number of fused-ring (bicyclic) bond motifs is 3. The molecule has 5 atom stereocenters. The van der Waals surface area contributed by atoms with Gasteiger partial charge in [0.05, 0.1) is 23.1 Å². The van der Waals surface area contributed by atoms with Gasteiger partial charge in [-0.05, 0) is 104 Å². The first-order chi connectivity index (χ1) is 22.5. The number of ether oxygens (including phenoxy) is 1. The molecule has 2 aromatic carbocycles. The highest BCUT2D eigenvalue weighted by Gasteiger charge is 2.43. The summed E-state index contributed by atoms with van der Waals surface area (Å²) < 4.78 is 32.4. The highest BCUT2D eigenvalue weighted by atomic mass is 35.5. The van der Waals surface area contributed by atoms with Crippen molar-refractivity contribution in [3.63, 3.8) is 0 Å². The number of anilines is 1. The smallest absolute Gasteiger partial charge is 0.335 e. The normalized spacial score (nSPS) is 23.3. The summed E-state index contributed by atoms with van der Waals surface area (Å²) in [5.41, 5.74) is 3.20. The van der Waals surface area contributed by atoms with E-state index in [-0.39, 0.29) is 40.3 Å². The summed E-state index contributed by atoms with van der Waals surface area (Å²) in [7, 11) is -3.76. The molecule has 3 aromatic rings. The second kappa shape index (κ2) is 13.4. The molecule has 1 amide bonds. The SMILES string of the molecule is C[C@@H](CC(=O)NC[C@@H]1CC[C@H]1CN1C[C@@]2(CCCc3cc(Cl)ccc32)COc2ccc(C(=O)O)cc21)[C@H](C)S(=O)(=O)c1ncccn1. The van der Waals surface area contributed by atoms with E-state index in [1.54, 1.807) is 38.1 Å². The maximum absolute atomic E-state index is 13.0. The number of benzene rings is 2. The second-order valence-electron chi connectivity index (χ2n) is 13.5. The maximum Gasteiger partial charge on any atom is 0.335 e. The molecule has 1 spiro atoms. The number of hydrogen-bond acceptors (Lipinski definition) is 8. The van der Waals surface area contributed by atoms with E-state index in [0.717, 1.165) is 42.8 Å². The Labute approximate surface area is 280 Å². The van der Waals surface area contributed by atoms with Gasteiger partial charge in [0.1, 0.15) is 5.75 Å². The number of carbonyl (C=O) groups is 2. The highest BCUT2D eigenvalue weighted by molar-refractivity contribution is 7.91. The fourth-order valence-electron chi connectivity index (χ4n) is 7.36. The number of nitrogens with zero attached hydrogens (tertiary/aromatic N) is 3. The lowest BCUT2D eigenvalue weighted by atomic mass is 9.69. The van der Waals surface area contributed by atoms with Crippen LogP contribution < -0.4 is 15.0 Å². The Bertz CT molecular complexity index is 1760. The zero-order chi connectivity index (χ0) is 33.3. The van der Waals surface area contributed by atoms with Crippen molar-refractivity contribution >= 4 is 39.0 Å². The van der Waals surface area contributed by atoms with Crippen molar-refractivity contribution < 1.29 is 27.9 Å². The van der Waals surface area contributed by atoms with Gasteiger partial charge in [0.25, 0.3) is 0 Å². The topological polar surface area (TPSA) is 139 Å². The number of hydrogen-bond donors (Lipinski definition) is 2. The van der Waals surface area contributed by atoms with E-state index in [4.69, 9.17) is 16.3 Å². The molecule has 2 heterocycles. The van der Waals surface area contributed by atoms with Gasteiger partial charge in [-0.25, -0.2) is 23.2 Å². The minimum Gasteiger partial charge on any atom is -0.490 e. The van der Waals surface area contributed by atoms with Gasteiger partial charge in [-0.2, -0.15) is 0 Å². The number of aromatic nitrogens is 2. The molecule has 10 nitrogen and oxygen atoms in total. The Morgan fingerprint density at radius 2 is 1.89 bits per heavy atom. The molecule has 6 rings (SSSR count). The van der Waals surface area contributed by atoms with Crippen molar-refractivity contribution in [3.05, 3.63) is 76.6 Å². The van der Waals surface area contributed by atoms with Gasteiger partial charge < -0.3 is 20.1 Å². The van der Waals surface area contributed by atoms with Crippen molar-refractivity contribution in [3.8, 4) is 5.75 Å². The van der Waals surface area contributed by atoms with E-state index in [1.165, 1.54) is 23.5 Å². The molecule has 47 heavy (non-hydrogen) atoms. The standard InChI is InChI=1S/C35H41ClN4O6S/c1-22(23(2)47(44,45)34-37-13-4-14-38-34)15-32(41)39-18-26-6-7-27(26)19-40-20-35(12-3-5-24-16-28(36)9-10-29(24)35)21-46-31-11-8-25(33(42)43)17-30(31)40/h4,8-11,13-14,16-17,22-23,26-27H,3,5-7,12,15,18-21H2,1-2H3,(H,39,41)(H,42,43)/t22-,23-,26-,27-,35-/m0/s1. The van der Waals surface area contributed by atoms with Crippen LogP contribution in [0.15, 0.2) is 60.0 Å². The molecule has 250 valence electrons. The van der Waals surface area contributed by atoms with Crippen molar-refractivity contribution in [1.82, 2.24) is 15.3 Å². The van der Waals surface area contributed by atoms with Gasteiger partial charge in [0.15, 0.2) is 0 Å². The van der Waals surface area contributed by atoms with Crippen LogP contribution >= 0.6 is 11.6 Å². The minimum atomic E-state index is -3.76. The third-order valence-corrected chi connectivity index (χ3v) is 12.9. The van der Waals surface area contributed by atoms with E-state index in [9.17, 15) is 23.1 Å². The average molecular weight is 681 g/mol. The van der Waals surface area contributed by atoms with Crippen molar-refractivity contribution in [2.24, 2.45) is 17.8 Å². The lowest BCUT2D eigenvalue weighted by molar-refractivity contribution is -0.122. The van der Waals surface area contributed by atoms with E-state index in [2.05, 4.69) is 32.3 Å². The monoisotopic (exact) mass is 680 g/mol. The molecule has 3 aliphatic rings. The molecule has 0 bridgehead atoms. The molecule has 1 fully saturated rings. The minimum absolute atomic E-state index is 0.0748. The Morgan fingerprint density at radius 3 is 2.62 bits per heavy atom. The molecule has 1 aromatic heterocycles. The number of carbonyl (C=O) groups excluding carboxylic acids is 1. The summed E-state index contributed by atoms with van der Waals surface area (Å²) in [6.07, 6.45) is 7.74. The van der Waals surface area contributed by atoms with Crippen LogP contribution in [0.2, 0.25) is 5.02 Å². The molecular weight excluding hydrogens is 640 g/mol. The Hall–Kier alpha value is -3.70. The zero-order valence-electron chi connectivity index (χ0n) is 26.7. The molecule has 1 saturated carbocycles. The van der Waals surface area contributed by atoms with Crippen LogP contribution in [-0.4, -0.2) is 66.9 Å². The van der Waals surface area contributed by atoms with E-state index in [0.29, 0.717) is 32.0 Å². The lowest BCUT2D eigenvalue weighted by Gasteiger charge is -2.44. The van der Waals surface area contributed by atoms with Crippen LogP contribution in [-0.2, 0) is 26.5 Å². The van der Waals surface area contributed by atoms with Crippen LogP contribution in [0, 0.1) is 17.8 Å².